The van der Waals surface area contributed by atoms with E-state index in [4.69, 9.17) is 4.74 Å². The molecule has 4 rings (SSSR count). The van der Waals surface area contributed by atoms with Gasteiger partial charge in [0.25, 0.3) is 0 Å². The Morgan fingerprint density at radius 3 is 2.76 bits per heavy atom. The summed E-state index contributed by atoms with van der Waals surface area (Å²) in [4.78, 5) is 4.06. The molecule has 2 aromatic carbocycles. The maximum absolute atomic E-state index is 9.39. The number of hydrogen-bond acceptors (Lipinski definition) is 3. The number of aromatic nitrogens is 2. The van der Waals surface area contributed by atoms with Gasteiger partial charge in [-0.2, -0.15) is 5.26 Å². The van der Waals surface area contributed by atoms with Crippen molar-refractivity contribution in [1.82, 2.24) is 9.55 Å². The molecule has 124 valence electrons. The zero-order valence-corrected chi connectivity index (χ0v) is 14.0. The number of rotatable bonds is 4. The lowest BCUT2D eigenvalue weighted by molar-refractivity contribution is 0.478. The Kier molecular flexibility index (Phi) is 4.22. The van der Waals surface area contributed by atoms with E-state index < -0.39 is 0 Å². The van der Waals surface area contributed by atoms with Gasteiger partial charge in [-0.3, -0.25) is 0 Å². The lowest BCUT2D eigenvalue weighted by atomic mass is 9.92. The summed E-state index contributed by atoms with van der Waals surface area (Å²) in [5, 5.41) is 9.39. The van der Waals surface area contributed by atoms with Crippen molar-refractivity contribution in [2.45, 2.75) is 32.2 Å². The molecule has 0 N–H and O–H groups in total. The number of nitrogens with zero attached hydrogens (tertiary/aromatic N) is 3. The summed E-state index contributed by atoms with van der Waals surface area (Å²) in [6, 6.07) is 14.2. The van der Waals surface area contributed by atoms with Crippen molar-refractivity contribution in [2.24, 2.45) is 0 Å². The second-order valence-corrected chi connectivity index (χ2v) is 6.42. The zero-order chi connectivity index (χ0) is 17.1. The van der Waals surface area contributed by atoms with Gasteiger partial charge < -0.3 is 9.30 Å². The van der Waals surface area contributed by atoms with Crippen molar-refractivity contribution < 1.29 is 4.74 Å². The average molecular weight is 329 g/mol. The van der Waals surface area contributed by atoms with Crippen LogP contribution in [0.25, 0.3) is 0 Å². The number of fused-ring (bicyclic) bond motifs is 1. The highest BCUT2D eigenvalue weighted by Gasteiger charge is 2.12. The fourth-order valence-electron chi connectivity index (χ4n) is 3.33. The van der Waals surface area contributed by atoms with E-state index in [1.807, 2.05) is 35.0 Å². The molecular weight excluding hydrogens is 310 g/mol. The summed E-state index contributed by atoms with van der Waals surface area (Å²) in [6.07, 6.45) is 10.2. The first-order valence-electron chi connectivity index (χ1n) is 8.60. The first-order chi connectivity index (χ1) is 12.3. The number of benzene rings is 2. The SMILES string of the molecule is N#Cc1ccc(Cn2ccnc2)cc1Oc1ccc2c(c1)CCCC2. The Morgan fingerprint density at radius 1 is 1.08 bits per heavy atom. The summed E-state index contributed by atoms with van der Waals surface area (Å²) in [7, 11) is 0. The van der Waals surface area contributed by atoms with Crippen LogP contribution in [0.1, 0.15) is 35.1 Å². The summed E-state index contributed by atoms with van der Waals surface area (Å²) in [5.74, 6) is 1.41. The van der Waals surface area contributed by atoms with Crippen molar-refractivity contribution in [3.63, 3.8) is 0 Å². The molecule has 1 heterocycles. The molecule has 0 saturated carbocycles. The van der Waals surface area contributed by atoms with Gasteiger partial charge in [-0.05, 0) is 66.6 Å². The molecule has 1 aromatic heterocycles. The van der Waals surface area contributed by atoms with Gasteiger partial charge in [0.15, 0.2) is 0 Å². The van der Waals surface area contributed by atoms with Gasteiger partial charge in [-0.15, -0.1) is 0 Å². The molecule has 0 fully saturated rings. The van der Waals surface area contributed by atoms with Crippen molar-refractivity contribution >= 4 is 0 Å². The van der Waals surface area contributed by atoms with E-state index in [-0.39, 0.29) is 0 Å². The van der Waals surface area contributed by atoms with Crippen molar-refractivity contribution in [1.29, 1.82) is 5.26 Å². The summed E-state index contributed by atoms with van der Waals surface area (Å²) in [5.41, 5.74) is 4.42. The van der Waals surface area contributed by atoms with Crippen LogP contribution in [-0.4, -0.2) is 9.55 Å². The molecule has 1 aliphatic carbocycles. The minimum Gasteiger partial charge on any atom is -0.456 e. The molecule has 0 spiro atoms. The second kappa shape index (κ2) is 6.82. The minimum absolute atomic E-state index is 0.548. The fraction of sp³-hybridized carbons (Fsp3) is 0.238. The first-order valence-corrected chi connectivity index (χ1v) is 8.60. The normalized spacial score (nSPS) is 13.1. The monoisotopic (exact) mass is 329 g/mol. The Balaban J connectivity index is 1.61. The van der Waals surface area contributed by atoms with Gasteiger partial charge in [0.2, 0.25) is 0 Å². The van der Waals surface area contributed by atoms with Crippen LogP contribution in [0.2, 0.25) is 0 Å². The predicted molar refractivity (Wildman–Crippen MR) is 95.6 cm³/mol. The molecule has 0 aliphatic heterocycles. The van der Waals surface area contributed by atoms with Crippen LogP contribution in [0.3, 0.4) is 0 Å². The molecule has 1 aliphatic rings. The standard InChI is InChI=1S/C21H19N3O/c22-13-19-6-5-16(14-24-10-9-23-15-24)11-21(19)25-20-8-7-17-3-1-2-4-18(17)12-20/h5-12,15H,1-4,14H2. The van der Waals surface area contributed by atoms with E-state index in [1.165, 1.54) is 24.0 Å². The Bertz CT molecular complexity index is 923. The number of nitriles is 1. The Hall–Kier alpha value is -3.06. The first kappa shape index (κ1) is 15.5. The molecule has 0 atom stereocenters. The van der Waals surface area contributed by atoms with Gasteiger partial charge in [-0.1, -0.05) is 12.1 Å². The smallest absolute Gasteiger partial charge is 0.145 e. The van der Waals surface area contributed by atoms with Crippen molar-refractivity contribution in [3.05, 3.63) is 77.4 Å². The van der Waals surface area contributed by atoms with Crippen LogP contribution in [0, 0.1) is 11.3 Å². The molecule has 4 heteroatoms. The molecule has 0 radical (unpaired) electrons. The fourth-order valence-corrected chi connectivity index (χ4v) is 3.33. The quantitative estimate of drug-likeness (QED) is 0.709. The highest BCUT2D eigenvalue weighted by Crippen LogP contribution is 2.30. The number of imidazole rings is 1. The topological polar surface area (TPSA) is 50.8 Å². The van der Waals surface area contributed by atoms with Crippen molar-refractivity contribution in [3.8, 4) is 17.6 Å². The van der Waals surface area contributed by atoms with Crippen LogP contribution < -0.4 is 4.74 Å². The third kappa shape index (κ3) is 3.41. The van der Waals surface area contributed by atoms with Crippen molar-refractivity contribution in [2.75, 3.05) is 0 Å². The molecule has 0 unspecified atom stereocenters. The maximum atomic E-state index is 9.39. The molecule has 0 amide bonds. The summed E-state index contributed by atoms with van der Waals surface area (Å²) < 4.78 is 8.07. The van der Waals surface area contributed by atoms with Crippen LogP contribution in [0.15, 0.2) is 55.1 Å². The molecule has 4 nitrogen and oxygen atoms in total. The highest BCUT2D eigenvalue weighted by molar-refractivity contribution is 5.48. The van der Waals surface area contributed by atoms with Gasteiger partial charge in [-0.25, -0.2) is 4.98 Å². The third-order valence-electron chi connectivity index (χ3n) is 4.64. The molecule has 25 heavy (non-hydrogen) atoms. The molecule has 3 aromatic rings. The molecule has 0 saturated heterocycles. The zero-order valence-electron chi connectivity index (χ0n) is 14.0. The maximum Gasteiger partial charge on any atom is 0.145 e. The van der Waals surface area contributed by atoms with E-state index in [0.29, 0.717) is 17.9 Å². The lowest BCUT2D eigenvalue weighted by Gasteiger charge is -2.17. The van der Waals surface area contributed by atoms with E-state index in [0.717, 1.165) is 24.2 Å². The van der Waals surface area contributed by atoms with E-state index in [1.54, 1.807) is 12.5 Å². The van der Waals surface area contributed by atoms with Gasteiger partial charge >= 0.3 is 0 Å². The van der Waals surface area contributed by atoms with Gasteiger partial charge in [0.05, 0.1) is 11.9 Å². The Morgan fingerprint density at radius 2 is 1.96 bits per heavy atom. The van der Waals surface area contributed by atoms with Gasteiger partial charge in [0.1, 0.15) is 17.6 Å². The highest BCUT2D eigenvalue weighted by atomic mass is 16.5. The predicted octanol–water partition coefficient (Wildman–Crippen LogP) is 4.47. The average Bonchev–Trinajstić information content (AvgIpc) is 3.15. The lowest BCUT2D eigenvalue weighted by Crippen LogP contribution is -2.02. The number of hydrogen-bond donors (Lipinski definition) is 0. The van der Waals surface area contributed by atoms with E-state index in [9.17, 15) is 5.26 Å². The summed E-state index contributed by atoms with van der Waals surface area (Å²) in [6.45, 7) is 0.701. The molecular formula is C21H19N3O. The summed E-state index contributed by atoms with van der Waals surface area (Å²) >= 11 is 0. The van der Waals surface area contributed by atoms with Crippen LogP contribution in [-0.2, 0) is 19.4 Å². The minimum atomic E-state index is 0.548. The Labute approximate surface area is 147 Å². The van der Waals surface area contributed by atoms with Crippen LogP contribution >= 0.6 is 0 Å². The number of ether oxygens (including phenoxy) is 1. The number of aryl methyl sites for hydroxylation is 2. The third-order valence-corrected chi connectivity index (χ3v) is 4.64. The molecule has 0 bridgehead atoms. The second-order valence-electron chi connectivity index (χ2n) is 6.42. The van der Waals surface area contributed by atoms with Gasteiger partial charge in [0, 0.05) is 18.9 Å². The van der Waals surface area contributed by atoms with E-state index in [2.05, 4.69) is 23.2 Å². The van der Waals surface area contributed by atoms with Crippen LogP contribution in [0.4, 0.5) is 0 Å². The largest absolute Gasteiger partial charge is 0.456 e. The van der Waals surface area contributed by atoms with E-state index >= 15 is 0 Å². The van der Waals surface area contributed by atoms with Crippen LogP contribution in [0.5, 0.6) is 11.5 Å².